The van der Waals surface area contributed by atoms with Crippen LogP contribution in [0.25, 0.3) is 0 Å². The van der Waals surface area contributed by atoms with Gasteiger partial charge in [0, 0.05) is 0 Å². The summed E-state index contributed by atoms with van der Waals surface area (Å²) in [7, 11) is -2.81. The monoisotopic (exact) mass is 287 g/mol. The van der Waals surface area contributed by atoms with Crippen molar-refractivity contribution >= 4 is 16.5 Å². The molecule has 0 aliphatic carbocycles. The van der Waals surface area contributed by atoms with Crippen LogP contribution in [0.1, 0.15) is 54.9 Å². The van der Waals surface area contributed by atoms with Gasteiger partial charge in [-0.2, -0.15) is 0 Å². The Hall–Kier alpha value is 0.394. The van der Waals surface area contributed by atoms with Gasteiger partial charge in [-0.3, -0.25) is 0 Å². The molecule has 0 heterocycles. The van der Waals surface area contributed by atoms with Crippen molar-refractivity contribution in [2.45, 2.75) is 91.2 Å². The van der Waals surface area contributed by atoms with E-state index in [1.54, 1.807) is 0 Å². The molecule has 0 bridgehead atoms. The normalized spacial score (nSPS) is 15.3. The van der Waals surface area contributed by atoms with Gasteiger partial charge in [-0.25, -0.2) is 0 Å². The molecule has 0 aliphatic heterocycles. The SMILES string of the molecule is CCCN([Si](C)(C)C(C)(C)C)[Si](C)(C)C(C)(C)C. The lowest BCUT2D eigenvalue weighted by Crippen LogP contribution is -2.68. The molecule has 0 aromatic heterocycles. The van der Waals surface area contributed by atoms with Crippen molar-refractivity contribution in [3.8, 4) is 0 Å². The third-order valence-corrected chi connectivity index (χ3v) is 19.3. The molecular formula is C15H37NSi2. The Morgan fingerprint density at radius 3 is 1.17 bits per heavy atom. The maximum absolute atomic E-state index is 3.00. The lowest BCUT2D eigenvalue weighted by Gasteiger charge is -2.57. The van der Waals surface area contributed by atoms with E-state index >= 15 is 0 Å². The summed E-state index contributed by atoms with van der Waals surface area (Å²) in [6.45, 7) is 28.5. The second kappa shape index (κ2) is 5.41. The van der Waals surface area contributed by atoms with E-state index in [0.717, 1.165) is 0 Å². The highest BCUT2D eigenvalue weighted by Crippen LogP contribution is 2.46. The predicted octanol–water partition coefficient (Wildman–Crippen LogP) is 5.71. The molecule has 0 saturated heterocycles. The summed E-state index contributed by atoms with van der Waals surface area (Å²) in [6, 6.07) is 0. The fourth-order valence-corrected chi connectivity index (χ4v) is 13.1. The van der Waals surface area contributed by atoms with Gasteiger partial charge in [0.1, 0.15) is 16.5 Å². The summed E-state index contributed by atoms with van der Waals surface area (Å²) in [5.41, 5.74) is 0. The van der Waals surface area contributed by atoms with Crippen LogP contribution in [0.2, 0.25) is 36.3 Å². The molecule has 0 unspecified atom stereocenters. The molecule has 0 amide bonds. The van der Waals surface area contributed by atoms with Crippen molar-refractivity contribution in [2.75, 3.05) is 6.54 Å². The van der Waals surface area contributed by atoms with Gasteiger partial charge in [0.15, 0.2) is 0 Å². The average Bonchev–Trinajstić information content (AvgIpc) is 2.09. The topological polar surface area (TPSA) is 3.24 Å². The van der Waals surface area contributed by atoms with Crippen LogP contribution in [0.5, 0.6) is 0 Å². The minimum absolute atomic E-state index is 0.442. The van der Waals surface area contributed by atoms with Crippen molar-refractivity contribution in [3.63, 3.8) is 0 Å². The third kappa shape index (κ3) is 3.48. The minimum atomic E-state index is -1.41. The van der Waals surface area contributed by atoms with Gasteiger partial charge in [0.25, 0.3) is 0 Å². The Labute approximate surface area is 119 Å². The summed E-state index contributed by atoms with van der Waals surface area (Å²) in [5, 5.41) is 0.884. The van der Waals surface area contributed by atoms with Crippen LogP contribution in [-0.2, 0) is 0 Å². The molecule has 3 heteroatoms. The molecule has 0 saturated carbocycles. The molecule has 0 aromatic rings. The minimum Gasteiger partial charge on any atom is -0.345 e. The van der Waals surface area contributed by atoms with E-state index in [2.05, 4.69) is 78.9 Å². The Morgan fingerprint density at radius 1 is 0.722 bits per heavy atom. The van der Waals surface area contributed by atoms with Gasteiger partial charge < -0.3 is 4.23 Å². The van der Waals surface area contributed by atoms with Crippen LogP contribution in [0.15, 0.2) is 0 Å². The number of rotatable bonds is 4. The van der Waals surface area contributed by atoms with Gasteiger partial charge in [0.05, 0.1) is 0 Å². The van der Waals surface area contributed by atoms with Crippen molar-refractivity contribution < 1.29 is 0 Å². The molecule has 0 radical (unpaired) electrons. The summed E-state index contributed by atoms with van der Waals surface area (Å²) < 4.78 is 3.00. The van der Waals surface area contributed by atoms with E-state index in [9.17, 15) is 0 Å². The van der Waals surface area contributed by atoms with Gasteiger partial charge in [-0.15, -0.1) is 0 Å². The Balaban J connectivity index is 5.60. The molecule has 110 valence electrons. The highest BCUT2D eigenvalue weighted by Gasteiger charge is 2.51. The zero-order valence-corrected chi connectivity index (χ0v) is 16.9. The number of nitrogens with zero attached hydrogens (tertiary/aromatic N) is 1. The summed E-state index contributed by atoms with van der Waals surface area (Å²) in [4.78, 5) is 0. The first-order valence-electron chi connectivity index (χ1n) is 7.47. The first-order valence-corrected chi connectivity index (χ1v) is 13.4. The van der Waals surface area contributed by atoms with Crippen LogP contribution >= 0.6 is 0 Å². The van der Waals surface area contributed by atoms with E-state index in [-0.39, 0.29) is 0 Å². The molecule has 1 nitrogen and oxygen atoms in total. The van der Waals surface area contributed by atoms with Crippen molar-refractivity contribution in [2.24, 2.45) is 0 Å². The second-order valence-corrected chi connectivity index (χ2v) is 19.5. The quantitative estimate of drug-likeness (QED) is 0.599. The van der Waals surface area contributed by atoms with E-state index in [1.807, 2.05) is 0 Å². The zero-order chi connectivity index (χ0) is 15.0. The van der Waals surface area contributed by atoms with Crippen LogP contribution in [0.4, 0.5) is 0 Å². The Kier molecular flexibility index (Phi) is 5.53. The van der Waals surface area contributed by atoms with Gasteiger partial charge >= 0.3 is 0 Å². The van der Waals surface area contributed by atoms with Gasteiger partial charge in [0.2, 0.25) is 0 Å². The fourth-order valence-electron chi connectivity index (χ4n) is 2.29. The van der Waals surface area contributed by atoms with E-state index in [4.69, 9.17) is 0 Å². The summed E-state index contributed by atoms with van der Waals surface area (Å²) >= 11 is 0. The smallest absolute Gasteiger partial charge is 0.120 e. The molecule has 0 rings (SSSR count). The fraction of sp³-hybridized carbons (Fsp3) is 1.00. The van der Waals surface area contributed by atoms with E-state index in [1.165, 1.54) is 13.0 Å². The molecule has 0 spiro atoms. The average molecular weight is 288 g/mol. The maximum atomic E-state index is 3.00. The standard InChI is InChI=1S/C15H37NSi2/c1-12-13-16(17(8,9)14(2,3)4)18(10,11)15(5,6)7/h12-13H2,1-11H3. The van der Waals surface area contributed by atoms with Crippen molar-refractivity contribution in [1.29, 1.82) is 0 Å². The molecule has 0 N–H and O–H groups in total. The Bertz CT molecular complexity index is 243. The molecular weight excluding hydrogens is 250 g/mol. The van der Waals surface area contributed by atoms with E-state index < -0.39 is 16.5 Å². The van der Waals surface area contributed by atoms with Crippen LogP contribution < -0.4 is 0 Å². The first-order chi connectivity index (χ1) is 7.69. The van der Waals surface area contributed by atoms with Crippen LogP contribution in [-0.4, -0.2) is 27.2 Å². The predicted molar refractivity (Wildman–Crippen MR) is 91.4 cm³/mol. The molecule has 0 aliphatic rings. The molecule has 0 aromatic carbocycles. The lowest BCUT2D eigenvalue weighted by atomic mass is 10.2. The molecule has 0 atom stereocenters. The van der Waals surface area contributed by atoms with Crippen LogP contribution in [0, 0.1) is 0 Å². The van der Waals surface area contributed by atoms with Crippen molar-refractivity contribution in [1.82, 2.24) is 4.23 Å². The zero-order valence-electron chi connectivity index (χ0n) is 14.9. The maximum Gasteiger partial charge on any atom is 0.120 e. The highest BCUT2D eigenvalue weighted by atomic mass is 28.4. The van der Waals surface area contributed by atoms with Gasteiger partial charge in [-0.1, -0.05) is 74.7 Å². The lowest BCUT2D eigenvalue weighted by molar-refractivity contribution is 0.508. The second-order valence-electron chi connectivity index (χ2n) is 8.77. The first kappa shape index (κ1) is 18.4. The number of hydrogen-bond acceptors (Lipinski definition) is 1. The summed E-state index contributed by atoms with van der Waals surface area (Å²) in [5.74, 6) is 0. The van der Waals surface area contributed by atoms with E-state index in [0.29, 0.717) is 10.1 Å². The number of hydrogen-bond donors (Lipinski definition) is 0. The largest absolute Gasteiger partial charge is 0.345 e. The molecule has 0 fully saturated rings. The summed E-state index contributed by atoms with van der Waals surface area (Å²) in [6.07, 6.45) is 1.28. The highest BCUT2D eigenvalue weighted by molar-refractivity contribution is 6.93. The Morgan fingerprint density at radius 2 is 1.00 bits per heavy atom. The van der Waals surface area contributed by atoms with Crippen LogP contribution in [0.3, 0.4) is 0 Å². The van der Waals surface area contributed by atoms with Crippen molar-refractivity contribution in [3.05, 3.63) is 0 Å². The third-order valence-electron chi connectivity index (χ3n) is 5.47. The van der Waals surface area contributed by atoms with Gasteiger partial charge in [-0.05, 0) is 23.0 Å². The molecule has 18 heavy (non-hydrogen) atoms.